The van der Waals surface area contributed by atoms with E-state index in [1.54, 1.807) is 0 Å². The van der Waals surface area contributed by atoms with Crippen LogP contribution in [0.25, 0.3) is 0 Å². The molecule has 0 saturated carbocycles. The second-order valence-corrected chi connectivity index (χ2v) is 3.70. The fourth-order valence-corrected chi connectivity index (χ4v) is 1.41. The third kappa shape index (κ3) is 2.76. The molecule has 88 valence electrons. The van der Waals surface area contributed by atoms with E-state index in [-0.39, 0.29) is 17.9 Å². The molecule has 17 heavy (non-hydrogen) atoms. The number of aromatic carboxylic acids is 1. The Labute approximate surface area is 102 Å². The predicted molar refractivity (Wildman–Crippen MR) is 59.2 cm³/mol. The number of nitrogens with zero attached hydrogens (tertiary/aromatic N) is 1. The summed E-state index contributed by atoms with van der Waals surface area (Å²) in [7, 11) is 0. The first kappa shape index (κ1) is 11.5. The van der Waals surface area contributed by atoms with Gasteiger partial charge in [-0.25, -0.2) is 4.79 Å². The standard InChI is InChI=1S/C11H8ClNO4/c12-8-1-2-9(11(14)15)10(3-8)16-5-7-4-13-17-6-7/h1-4,6H,5H2,(H,14,15). The Morgan fingerprint density at radius 3 is 3.00 bits per heavy atom. The van der Waals surface area contributed by atoms with Gasteiger partial charge in [0.05, 0.1) is 6.20 Å². The molecule has 0 aliphatic carbocycles. The van der Waals surface area contributed by atoms with Crippen LogP contribution in [0.4, 0.5) is 0 Å². The number of rotatable bonds is 4. The lowest BCUT2D eigenvalue weighted by atomic mass is 10.2. The molecule has 0 amide bonds. The SMILES string of the molecule is O=C(O)c1ccc(Cl)cc1OCc1cnoc1. The summed E-state index contributed by atoms with van der Waals surface area (Å²) in [5, 5.41) is 12.9. The minimum atomic E-state index is -1.07. The lowest BCUT2D eigenvalue weighted by molar-refractivity contribution is 0.0692. The van der Waals surface area contributed by atoms with Crippen LogP contribution >= 0.6 is 11.6 Å². The molecule has 1 heterocycles. The highest BCUT2D eigenvalue weighted by molar-refractivity contribution is 6.30. The van der Waals surface area contributed by atoms with E-state index in [0.717, 1.165) is 0 Å². The van der Waals surface area contributed by atoms with E-state index in [2.05, 4.69) is 9.68 Å². The molecule has 1 aromatic heterocycles. The average molecular weight is 254 g/mol. The fourth-order valence-electron chi connectivity index (χ4n) is 1.25. The van der Waals surface area contributed by atoms with E-state index < -0.39 is 5.97 Å². The molecule has 5 nitrogen and oxygen atoms in total. The summed E-state index contributed by atoms with van der Waals surface area (Å²) in [5.74, 6) is -0.854. The van der Waals surface area contributed by atoms with Gasteiger partial charge in [-0.1, -0.05) is 16.8 Å². The van der Waals surface area contributed by atoms with Crippen molar-refractivity contribution in [2.24, 2.45) is 0 Å². The molecular formula is C11H8ClNO4. The zero-order chi connectivity index (χ0) is 12.3. The van der Waals surface area contributed by atoms with Crippen molar-refractivity contribution >= 4 is 17.6 Å². The molecule has 1 aromatic carbocycles. The largest absolute Gasteiger partial charge is 0.488 e. The number of benzene rings is 1. The molecular weight excluding hydrogens is 246 g/mol. The molecule has 1 N–H and O–H groups in total. The number of ether oxygens (including phenoxy) is 1. The van der Waals surface area contributed by atoms with Gasteiger partial charge >= 0.3 is 5.97 Å². The third-order valence-corrected chi connectivity index (χ3v) is 2.29. The van der Waals surface area contributed by atoms with Gasteiger partial charge < -0.3 is 14.4 Å². The van der Waals surface area contributed by atoms with Gasteiger partial charge in [0.2, 0.25) is 0 Å². The first-order chi connectivity index (χ1) is 8.16. The Balaban J connectivity index is 2.19. The lowest BCUT2D eigenvalue weighted by Gasteiger charge is -2.08. The Hall–Kier alpha value is -2.01. The number of halogens is 1. The van der Waals surface area contributed by atoms with E-state index >= 15 is 0 Å². The maximum Gasteiger partial charge on any atom is 0.339 e. The van der Waals surface area contributed by atoms with Crippen LogP contribution in [-0.2, 0) is 6.61 Å². The van der Waals surface area contributed by atoms with Crippen molar-refractivity contribution < 1.29 is 19.2 Å². The third-order valence-electron chi connectivity index (χ3n) is 2.05. The minimum Gasteiger partial charge on any atom is -0.488 e. The molecule has 0 aliphatic rings. The summed E-state index contributed by atoms with van der Waals surface area (Å²) in [5.41, 5.74) is 0.771. The molecule has 2 aromatic rings. The van der Waals surface area contributed by atoms with Crippen molar-refractivity contribution in [3.05, 3.63) is 46.8 Å². The summed E-state index contributed by atoms with van der Waals surface area (Å²) in [6, 6.07) is 4.35. The van der Waals surface area contributed by atoms with Crippen LogP contribution in [0.3, 0.4) is 0 Å². The van der Waals surface area contributed by atoms with Gasteiger partial charge in [0.15, 0.2) is 0 Å². The molecule has 0 bridgehead atoms. The van der Waals surface area contributed by atoms with Crippen molar-refractivity contribution in [2.75, 3.05) is 0 Å². The minimum absolute atomic E-state index is 0.0610. The molecule has 2 rings (SSSR count). The van der Waals surface area contributed by atoms with Crippen molar-refractivity contribution in [3.8, 4) is 5.75 Å². The summed E-state index contributed by atoms with van der Waals surface area (Å²) >= 11 is 5.78. The summed E-state index contributed by atoms with van der Waals surface area (Å²) in [6.45, 7) is 0.171. The quantitative estimate of drug-likeness (QED) is 0.907. The van der Waals surface area contributed by atoms with Crippen LogP contribution in [0.2, 0.25) is 5.02 Å². The Morgan fingerprint density at radius 2 is 2.35 bits per heavy atom. The van der Waals surface area contributed by atoms with Gasteiger partial charge in [0.25, 0.3) is 0 Å². The first-order valence-corrected chi connectivity index (χ1v) is 5.08. The Bertz CT molecular complexity index is 524. The smallest absolute Gasteiger partial charge is 0.339 e. The fraction of sp³-hybridized carbons (Fsp3) is 0.0909. The van der Waals surface area contributed by atoms with E-state index in [1.165, 1.54) is 30.7 Å². The van der Waals surface area contributed by atoms with Crippen molar-refractivity contribution in [3.63, 3.8) is 0 Å². The highest BCUT2D eigenvalue weighted by atomic mass is 35.5. The van der Waals surface area contributed by atoms with E-state index in [1.807, 2.05) is 0 Å². The van der Waals surface area contributed by atoms with Crippen LogP contribution < -0.4 is 4.74 Å². The second kappa shape index (κ2) is 4.88. The zero-order valence-corrected chi connectivity index (χ0v) is 9.35. The van der Waals surface area contributed by atoms with Crippen molar-refractivity contribution in [1.29, 1.82) is 0 Å². The van der Waals surface area contributed by atoms with Gasteiger partial charge in [-0.05, 0) is 18.2 Å². The van der Waals surface area contributed by atoms with Crippen LogP contribution in [0.5, 0.6) is 5.75 Å². The predicted octanol–water partition coefficient (Wildman–Crippen LogP) is 2.61. The van der Waals surface area contributed by atoms with Gasteiger partial charge in [0.1, 0.15) is 24.2 Å². The van der Waals surface area contributed by atoms with Crippen LogP contribution in [0.1, 0.15) is 15.9 Å². The summed E-state index contributed by atoms with van der Waals surface area (Å²) in [4.78, 5) is 10.9. The van der Waals surface area contributed by atoms with Crippen LogP contribution in [0, 0.1) is 0 Å². The van der Waals surface area contributed by atoms with Gasteiger partial charge in [-0.2, -0.15) is 0 Å². The number of carboxylic acid groups (broad SMARTS) is 1. The maximum atomic E-state index is 10.9. The van der Waals surface area contributed by atoms with E-state index in [4.69, 9.17) is 21.4 Å². The topological polar surface area (TPSA) is 72.6 Å². The second-order valence-electron chi connectivity index (χ2n) is 3.27. The average Bonchev–Trinajstić information content (AvgIpc) is 2.78. The van der Waals surface area contributed by atoms with Gasteiger partial charge in [-0.15, -0.1) is 0 Å². The molecule has 0 fully saturated rings. The molecule has 0 aliphatic heterocycles. The van der Waals surface area contributed by atoms with Gasteiger partial charge in [0, 0.05) is 10.6 Å². The molecule has 0 radical (unpaired) electrons. The molecule has 0 atom stereocenters. The zero-order valence-electron chi connectivity index (χ0n) is 8.59. The summed E-state index contributed by atoms with van der Waals surface area (Å²) in [6.07, 6.45) is 2.91. The van der Waals surface area contributed by atoms with Crippen molar-refractivity contribution in [1.82, 2.24) is 5.16 Å². The number of carboxylic acids is 1. The maximum absolute atomic E-state index is 10.9. The number of carbonyl (C=O) groups is 1. The van der Waals surface area contributed by atoms with Crippen LogP contribution in [0.15, 0.2) is 35.2 Å². The highest BCUT2D eigenvalue weighted by Crippen LogP contribution is 2.24. The Morgan fingerprint density at radius 1 is 1.53 bits per heavy atom. The van der Waals surface area contributed by atoms with Crippen molar-refractivity contribution in [2.45, 2.75) is 6.61 Å². The summed E-state index contributed by atoms with van der Waals surface area (Å²) < 4.78 is 9.99. The molecule has 0 unspecified atom stereocenters. The molecule has 0 spiro atoms. The van der Waals surface area contributed by atoms with E-state index in [0.29, 0.717) is 10.6 Å². The van der Waals surface area contributed by atoms with E-state index in [9.17, 15) is 4.79 Å². The number of hydrogen-bond acceptors (Lipinski definition) is 4. The molecule has 6 heteroatoms. The Kier molecular flexibility index (Phi) is 3.30. The monoisotopic (exact) mass is 253 g/mol. The number of aromatic nitrogens is 1. The lowest BCUT2D eigenvalue weighted by Crippen LogP contribution is -2.02. The number of hydrogen-bond donors (Lipinski definition) is 1. The normalized spacial score (nSPS) is 10.2. The van der Waals surface area contributed by atoms with Crippen LogP contribution in [-0.4, -0.2) is 16.2 Å². The first-order valence-electron chi connectivity index (χ1n) is 4.70. The van der Waals surface area contributed by atoms with Gasteiger partial charge in [-0.3, -0.25) is 0 Å². The highest BCUT2D eigenvalue weighted by Gasteiger charge is 2.12. The molecule has 0 saturated heterocycles.